The van der Waals surface area contributed by atoms with Crippen LogP contribution in [0.4, 0.5) is 16.3 Å². The van der Waals surface area contributed by atoms with Crippen LogP contribution in [0, 0.1) is 0 Å². The fourth-order valence-electron chi connectivity index (χ4n) is 2.68. The van der Waals surface area contributed by atoms with Gasteiger partial charge in [-0.25, -0.2) is 14.2 Å². The summed E-state index contributed by atoms with van der Waals surface area (Å²) in [4.78, 5) is 39.7. The fraction of sp³-hybridized carbons (Fsp3) is 0.312. The molecule has 0 radical (unpaired) electrons. The molecule has 1 aromatic heterocycles. The maximum Gasteiger partial charge on any atom is 0.339 e. The number of aromatic nitrogens is 2. The van der Waals surface area contributed by atoms with Gasteiger partial charge in [0.1, 0.15) is 0 Å². The van der Waals surface area contributed by atoms with Crippen LogP contribution in [0.3, 0.4) is 0 Å². The molecule has 0 bridgehead atoms. The number of urea groups is 1. The second-order valence-electron chi connectivity index (χ2n) is 5.74. The summed E-state index contributed by atoms with van der Waals surface area (Å²) in [5.41, 5.74) is 6.11. The zero-order valence-electron chi connectivity index (χ0n) is 14.5. The Morgan fingerprint density at radius 2 is 1.78 bits per heavy atom. The minimum Gasteiger partial charge on any atom is -0.465 e. The van der Waals surface area contributed by atoms with Crippen molar-refractivity contribution in [3.8, 4) is 0 Å². The Morgan fingerprint density at radius 1 is 1.11 bits per heavy atom. The van der Waals surface area contributed by atoms with Crippen LogP contribution in [-0.4, -0.2) is 71.3 Å². The van der Waals surface area contributed by atoms with Crippen LogP contribution < -0.4 is 11.1 Å². The Balaban J connectivity index is 1.60. The smallest absolute Gasteiger partial charge is 0.339 e. The number of benzene rings is 1. The van der Waals surface area contributed by atoms with Crippen molar-refractivity contribution in [3.05, 3.63) is 35.5 Å². The Kier molecular flexibility index (Phi) is 5.20. The molecule has 3 amide bonds. The largest absolute Gasteiger partial charge is 0.465 e. The average Bonchev–Trinajstić information content (AvgIpc) is 3.13. The van der Waals surface area contributed by atoms with Gasteiger partial charge >= 0.3 is 12.0 Å². The third-order valence-electron chi connectivity index (χ3n) is 4.14. The van der Waals surface area contributed by atoms with E-state index in [4.69, 9.17) is 10.5 Å². The SMILES string of the molecule is COC(=O)c1ccccc1NC(=O)N1CCN(C(=O)c2nonc2N)CC1. The minimum absolute atomic E-state index is 0.0418. The maximum atomic E-state index is 12.5. The lowest BCUT2D eigenvalue weighted by Gasteiger charge is -2.34. The van der Waals surface area contributed by atoms with Gasteiger partial charge in [-0.3, -0.25) is 4.79 Å². The first-order valence-electron chi connectivity index (χ1n) is 8.12. The van der Waals surface area contributed by atoms with Crippen molar-refractivity contribution in [2.45, 2.75) is 0 Å². The summed E-state index contributed by atoms with van der Waals surface area (Å²) in [5, 5.41) is 9.58. The number of para-hydroxylation sites is 1. The van der Waals surface area contributed by atoms with Crippen LogP contribution in [0.1, 0.15) is 20.8 Å². The molecule has 0 aliphatic carbocycles. The average molecular weight is 374 g/mol. The lowest BCUT2D eigenvalue weighted by atomic mass is 10.2. The topological polar surface area (TPSA) is 144 Å². The van der Waals surface area contributed by atoms with E-state index in [-0.39, 0.29) is 23.1 Å². The summed E-state index contributed by atoms with van der Waals surface area (Å²) in [6.45, 7) is 1.22. The number of methoxy groups -OCH3 is 1. The number of ether oxygens (including phenoxy) is 1. The number of carbonyl (C=O) groups excluding carboxylic acids is 3. The van der Waals surface area contributed by atoms with E-state index in [9.17, 15) is 14.4 Å². The van der Waals surface area contributed by atoms with Crippen molar-refractivity contribution in [2.24, 2.45) is 0 Å². The van der Waals surface area contributed by atoms with E-state index in [1.807, 2.05) is 0 Å². The highest BCUT2D eigenvalue weighted by atomic mass is 16.6. The summed E-state index contributed by atoms with van der Waals surface area (Å²) in [5.74, 6) is -1.01. The minimum atomic E-state index is -0.542. The number of carbonyl (C=O) groups is 3. The number of hydrogen-bond donors (Lipinski definition) is 2. The molecule has 1 saturated heterocycles. The van der Waals surface area contributed by atoms with Crippen molar-refractivity contribution in [1.29, 1.82) is 0 Å². The molecule has 1 fully saturated rings. The van der Waals surface area contributed by atoms with E-state index in [0.717, 1.165) is 0 Å². The number of amides is 3. The number of nitrogens with one attached hydrogen (secondary N) is 1. The monoisotopic (exact) mass is 374 g/mol. The predicted molar refractivity (Wildman–Crippen MR) is 93.0 cm³/mol. The van der Waals surface area contributed by atoms with Gasteiger partial charge in [0.15, 0.2) is 0 Å². The highest BCUT2D eigenvalue weighted by molar-refractivity contribution is 6.01. The number of rotatable bonds is 3. The van der Waals surface area contributed by atoms with Crippen LogP contribution in [0.5, 0.6) is 0 Å². The number of nitrogen functional groups attached to an aromatic ring is 1. The highest BCUT2D eigenvalue weighted by Crippen LogP contribution is 2.17. The van der Waals surface area contributed by atoms with Gasteiger partial charge in [-0.05, 0) is 22.4 Å². The second kappa shape index (κ2) is 7.72. The number of esters is 1. The van der Waals surface area contributed by atoms with Gasteiger partial charge in [-0.15, -0.1) is 0 Å². The molecule has 3 N–H and O–H groups in total. The van der Waals surface area contributed by atoms with E-state index >= 15 is 0 Å². The molecule has 0 unspecified atom stereocenters. The normalized spacial score (nSPS) is 14.0. The van der Waals surface area contributed by atoms with E-state index in [0.29, 0.717) is 31.9 Å². The molecule has 142 valence electrons. The molecule has 27 heavy (non-hydrogen) atoms. The standard InChI is InChI=1S/C16H18N6O5/c1-26-15(24)10-4-2-3-5-11(10)18-16(25)22-8-6-21(7-9-22)14(23)12-13(17)20-27-19-12/h2-5H,6-9H2,1H3,(H2,17,20)(H,18,25). The van der Waals surface area contributed by atoms with Crippen LogP contribution in [0.2, 0.25) is 0 Å². The lowest BCUT2D eigenvalue weighted by Crippen LogP contribution is -2.51. The van der Waals surface area contributed by atoms with E-state index in [1.165, 1.54) is 12.0 Å². The molecule has 3 rings (SSSR count). The third kappa shape index (κ3) is 3.81. The van der Waals surface area contributed by atoms with Gasteiger partial charge in [0.05, 0.1) is 18.4 Å². The zero-order valence-corrected chi connectivity index (χ0v) is 14.5. The van der Waals surface area contributed by atoms with E-state index in [2.05, 4.69) is 20.3 Å². The first-order valence-corrected chi connectivity index (χ1v) is 8.12. The molecule has 0 atom stereocenters. The molecule has 1 aromatic carbocycles. The Hall–Kier alpha value is -3.63. The number of nitrogens with two attached hydrogens (primary N) is 1. The molecule has 11 nitrogen and oxygen atoms in total. The number of nitrogens with zero attached hydrogens (tertiary/aromatic N) is 4. The molecule has 2 aromatic rings. The second-order valence-corrected chi connectivity index (χ2v) is 5.74. The highest BCUT2D eigenvalue weighted by Gasteiger charge is 2.28. The summed E-state index contributed by atoms with van der Waals surface area (Å²) < 4.78 is 9.15. The Labute approximate surface area is 154 Å². The van der Waals surface area contributed by atoms with Crippen molar-refractivity contribution in [1.82, 2.24) is 20.1 Å². The van der Waals surface area contributed by atoms with Gasteiger partial charge in [0, 0.05) is 26.2 Å². The lowest BCUT2D eigenvalue weighted by molar-refractivity contribution is 0.0600. The van der Waals surface area contributed by atoms with Gasteiger partial charge < -0.3 is 25.6 Å². The van der Waals surface area contributed by atoms with Gasteiger partial charge in [0.2, 0.25) is 11.5 Å². The molecule has 1 aliphatic rings. The summed E-state index contributed by atoms with van der Waals surface area (Å²) in [6, 6.07) is 6.19. The van der Waals surface area contributed by atoms with Crippen LogP contribution in [0.25, 0.3) is 0 Å². The van der Waals surface area contributed by atoms with Crippen molar-refractivity contribution in [3.63, 3.8) is 0 Å². The van der Waals surface area contributed by atoms with Crippen LogP contribution >= 0.6 is 0 Å². The number of hydrogen-bond acceptors (Lipinski definition) is 8. The van der Waals surface area contributed by atoms with Crippen molar-refractivity contribution in [2.75, 3.05) is 44.3 Å². The van der Waals surface area contributed by atoms with Gasteiger partial charge in [0.25, 0.3) is 5.91 Å². The molecule has 2 heterocycles. The maximum absolute atomic E-state index is 12.5. The predicted octanol–water partition coefficient (Wildman–Crippen LogP) is 0.428. The summed E-state index contributed by atoms with van der Waals surface area (Å²) in [6.07, 6.45) is 0. The first-order chi connectivity index (χ1) is 13.0. The van der Waals surface area contributed by atoms with Crippen LogP contribution in [0.15, 0.2) is 28.9 Å². The van der Waals surface area contributed by atoms with Crippen molar-refractivity contribution < 1.29 is 23.7 Å². The molecule has 0 saturated carbocycles. The number of anilines is 2. The molecule has 1 aliphatic heterocycles. The molecule has 11 heteroatoms. The van der Waals surface area contributed by atoms with E-state index in [1.54, 1.807) is 29.2 Å². The first kappa shape index (κ1) is 18.2. The summed E-state index contributed by atoms with van der Waals surface area (Å²) in [7, 11) is 1.27. The van der Waals surface area contributed by atoms with Crippen molar-refractivity contribution >= 4 is 29.4 Å². The van der Waals surface area contributed by atoms with Gasteiger partial charge in [-0.1, -0.05) is 12.1 Å². The van der Waals surface area contributed by atoms with Crippen LogP contribution in [-0.2, 0) is 4.74 Å². The molecular formula is C16H18N6O5. The molecular weight excluding hydrogens is 356 g/mol. The van der Waals surface area contributed by atoms with E-state index < -0.39 is 11.9 Å². The van der Waals surface area contributed by atoms with Gasteiger partial charge in [-0.2, -0.15) is 0 Å². The zero-order chi connectivity index (χ0) is 19.4. The quantitative estimate of drug-likeness (QED) is 0.736. The Morgan fingerprint density at radius 3 is 2.41 bits per heavy atom. The molecule has 0 spiro atoms. The Bertz CT molecular complexity index is 858. The fourth-order valence-corrected chi connectivity index (χ4v) is 2.68. The summed E-state index contributed by atoms with van der Waals surface area (Å²) >= 11 is 0. The number of piperazine rings is 1. The third-order valence-corrected chi connectivity index (χ3v) is 4.14.